The number of hydrogen-bond acceptors (Lipinski definition) is 3. The molecule has 0 aromatic heterocycles. The molecule has 0 bridgehead atoms. The third-order valence-electron chi connectivity index (χ3n) is 3.19. The number of nitrogen functional groups attached to an aromatic ring is 1. The lowest BCUT2D eigenvalue weighted by atomic mass is 10.1. The summed E-state index contributed by atoms with van der Waals surface area (Å²) in [5.74, 6) is 1.43. The second kappa shape index (κ2) is 5.05. The van der Waals surface area contributed by atoms with E-state index >= 15 is 0 Å². The van der Waals surface area contributed by atoms with Crippen LogP contribution in [0.5, 0.6) is 5.75 Å². The summed E-state index contributed by atoms with van der Waals surface area (Å²) in [6.07, 6.45) is 0.826. The maximum Gasteiger partial charge on any atom is 0.123 e. The number of nitrogens with two attached hydrogens (primary N) is 1. The quantitative estimate of drug-likeness (QED) is 0.874. The van der Waals surface area contributed by atoms with Crippen molar-refractivity contribution in [2.24, 2.45) is 0 Å². The standard InChI is InChI=1S/C15H15NO2S/c16-12-5-7-14(8-6-12)19(17)10-13-9-11-3-1-2-4-15(11)18-13/h1-8,13H,9-10,16H2. The summed E-state index contributed by atoms with van der Waals surface area (Å²) in [4.78, 5) is 0.800. The first kappa shape index (κ1) is 12.2. The molecule has 19 heavy (non-hydrogen) atoms. The van der Waals surface area contributed by atoms with Crippen LogP contribution in [-0.4, -0.2) is 16.1 Å². The van der Waals surface area contributed by atoms with Gasteiger partial charge in [-0.05, 0) is 35.9 Å². The molecule has 0 amide bonds. The molecule has 4 heteroatoms. The maximum absolute atomic E-state index is 12.3. The highest BCUT2D eigenvalue weighted by molar-refractivity contribution is 7.85. The van der Waals surface area contributed by atoms with Gasteiger partial charge in [-0.25, -0.2) is 0 Å². The summed E-state index contributed by atoms with van der Waals surface area (Å²) in [6.45, 7) is 0. The molecule has 0 spiro atoms. The van der Waals surface area contributed by atoms with E-state index in [1.165, 1.54) is 5.56 Å². The zero-order chi connectivity index (χ0) is 13.2. The largest absolute Gasteiger partial charge is 0.489 e. The molecule has 2 unspecified atom stereocenters. The van der Waals surface area contributed by atoms with Gasteiger partial charge in [-0.15, -0.1) is 0 Å². The minimum Gasteiger partial charge on any atom is -0.489 e. The first-order valence-electron chi connectivity index (χ1n) is 6.21. The smallest absolute Gasteiger partial charge is 0.123 e. The van der Waals surface area contributed by atoms with Crippen molar-refractivity contribution in [1.29, 1.82) is 0 Å². The molecule has 0 radical (unpaired) electrons. The van der Waals surface area contributed by atoms with Gasteiger partial charge in [-0.3, -0.25) is 4.21 Å². The van der Waals surface area contributed by atoms with E-state index in [0.29, 0.717) is 11.4 Å². The van der Waals surface area contributed by atoms with Gasteiger partial charge in [0.05, 0.1) is 16.6 Å². The van der Waals surface area contributed by atoms with Crippen LogP contribution in [0.15, 0.2) is 53.4 Å². The highest BCUT2D eigenvalue weighted by Gasteiger charge is 2.24. The number of anilines is 1. The van der Waals surface area contributed by atoms with Crippen LogP contribution in [0.1, 0.15) is 5.56 Å². The Bertz CT molecular complexity index is 585. The number of para-hydroxylation sites is 1. The zero-order valence-corrected chi connectivity index (χ0v) is 11.2. The van der Waals surface area contributed by atoms with Gasteiger partial charge >= 0.3 is 0 Å². The van der Waals surface area contributed by atoms with E-state index in [4.69, 9.17) is 10.5 Å². The van der Waals surface area contributed by atoms with Gasteiger partial charge in [0.15, 0.2) is 0 Å². The second-order valence-corrected chi connectivity index (χ2v) is 6.13. The molecular formula is C15H15NO2S. The van der Waals surface area contributed by atoms with Gasteiger partial charge in [-0.1, -0.05) is 18.2 Å². The molecule has 2 aromatic rings. The van der Waals surface area contributed by atoms with Gasteiger partial charge in [-0.2, -0.15) is 0 Å². The Labute approximate surface area is 114 Å². The molecule has 98 valence electrons. The van der Waals surface area contributed by atoms with E-state index in [1.807, 2.05) is 30.3 Å². The number of hydrogen-bond donors (Lipinski definition) is 1. The predicted octanol–water partition coefficient (Wildman–Crippen LogP) is 2.38. The van der Waals surface area contributed by atoms with Crippen LogP contribution in [0.2, 0.25) is 0 Å². The molecular weight excluding hydrogens is 258 g/mol. The summed E-state index contributed by atoms with van der Waals surface area (Å²) in [7, 11) is -1.05. The summed E-state index contributed by atoms with van der Waals surface area (Å²) in [5, 5.41) is 0. The molecule has 2 aromatic carbocycles. The van der Waals surface area contributed by atoms with Crippen molar-refractivity contribution >= 4 is 16.5 Å². The van der Waals surface area contributed by atoms with Crippen LogP contribution in [0.4, 0.5) is 5.69 Å². The minimum absolute atomic E-state index is 0.00390. The van der Waals surface area contributed by atoms with Gasteiger partial charge < -0.3 is 10.5 Å². The predicted molar refractivity (Wildman–Crippen MR) is 76.7 cm³/mol. The van der Waals surface area contributed by atoms with Gasteiger partial charge in [0.1, 0.15) is 11.9 Å². The molecule has 2 N–H and O–H groups in total. The summed E-state index contributed by atoms with van der Waals surface area (Å²) in [5.41, 5.74) is 7.51. The third-order valence-corrected chi connectivity index (χ3v) is 4.67. The van der Waals surface area contributed by atoms with E-state index < -0.39 is 10.8 Å². The van der Waals surface area contributed by atoms with E-state index in [-0.39, 0.29) is 6.10 Å². The van der Waals surface area contributed by atoms with Crippen molar-refractivity contribution in [3.8, 4) is 5.75 Å². The highest BCUT2D eigenvalue weighted by Crippen LogP contribution is 2.29. The Balaban J connectivity index is 1.67. The van der Waals surface area contributed by atoms with Gasteiger partial charge in [0, 0.05) is 17.0 Å². The van der Waals surface area contributed by atoms with E-state index in [1.54, 1.807) is 12.1 Å². The molecule has 2 atom stereocenters. The molecule has 3 rings (SSSR count). The SMILES string of the molecule is Nc1ccc(S(=O)CC2Cc3ccccc3O2)cc1. The Morgan fingerprint density at radius 2 is 1.89 bits per heavy atom. The van der Waals surface area contributed by atoms with E-state index in [0.717, 1.165) is 17.1 Å². The topological polar surface area (TPSA) is 52.3 Å². The normalized spacial score (nSPS) is 18.6. The van der Waals surface area contributed by atoms with E-state index in [9.17, 15) is 4.21 Å². The number of benzene rings is 2. The number of rotatable bonds is 3. The van der Waals surface area contributed by atoms with E-state index in [2.05, 4.69) is 6.07 Å². The molecule has 0 saturated carbocycles. The lowest BCUT2D eigenvalue weighted by Gasteiger charge is -2.10. The Morgan fingerprint density at radius 3 is 2.63 bits per heavy atom. The van der Waals surface area contributed by atoms with Crippen molar-refractivity contribution in [1.82, 2.24) is 0 Å². The van der Waals surface area contributed by atoms with Crippen LogP contribution >= 0.6 is 0 Å². The minimum atomic E-state index is -1.05. The summed E-state index contributed by atoms with van der Waals surface area (Å²) >= 11 is 0. The van der Waals surface area contributed by atoms with Crippen molar-refractivity contribution in [2.45, 2.75) is 17.4 Å². The average Bonchev–Trinajstić information content (AvgIpc) is 2.81. The second-order valence-electron chi connectivity index (χ2n) is 4.63. The third kappa shape index (κ3) is 2.63. The number of ether oxygens (including phenoxy) is 1. The first-order valence-corrected chi connectivity index (χ1v) is 7.53. The zero-order valence-electron chi connectivity index (χ0n) is 10.4. The van der Waals surface area contributed by atoms with Gasteiger partial charge in [0.2, 0.25) is 0 Å². The lowest BCUT2D eigenvalue weighted by Crippen LogP contribution is -2.21. The Kier molecular flexibility index (Phi) is 3.25. The molecule has 0 saturated heterocycles. The molecule has 1 heterocycles. The van der Waals surface area contributed by atoms with Crippen molar-refractivity contribution in [2.75, 3.05) is 11.5 Å². The van der Waals surface area contributed by atoms with Crippen LogP contribution in [0.3, 0.4) is 0 Å². The number of fused-ring (bicyclic) bond motifs is 1. The lowest BCUT2D eigenvalue weighted by molar-refractivity contribution is 0.258. The van der Waals surface area contributed by atoms with Crippen LogP contribution in [0, 0.1) is 0 Å². The fourth-order valence-electron chi connectivity index (χ4n) is 2.23. The summed E-state index contributed by atoms with van der Waals surface area (Å²) < 4.78 is 18.1. The fourth-order valence-corrected chi connectivity index (χ4v) is 3.39. The molecule has 3 nitrogen and oxygen atoms in total. The van der Waals surface area contributed by atoms with Crippen molar-refractivity contribution < 1.29 is 8.95 Å². The first-order chi connectivity index (χ1) is 9.22. The van der Waals surface area contributed by atoms with Crippen molar-refractivity contribution in [3.63, 3.8) is 0 Å². The highest BCUT2D eigenvalue weighted by atomic mass is 32.2. The van der Waals surface area contributed by atoms with Crippen LogP contribution in [0.25, 0.3) is 0 Å². The molecule has 0 aliphatic carbocycles. The molecule has 1 aliphatic heterocycles. The van der Waals surface area contributed by atoms with Crippen molar-refractivity contribution in [3.05, 3.63) is 54.1 Å². The van der Waals surface area contributed by atoms with Crippen LogP contribution in [-0.2, 0) is 17.2 Å². The molecule has 1 aliphatic rings. The monoisotopic (exact) mass is 273 g/mol. The fraction of sp³-hybridized carbons (Fsp3) is 0.200. The molecule has 0 fully saturated rings. The van der Waals surface area contributed by atoms with Crippen LogP contribution < -0.4 is 10.5 Å². The Hall–Kier alpha value is -1.81. The maximum atomic E-state index is 12.3. The Morgan fingerprint density at radius 1 is 1.16 bits per heavy atom. The summed E-state index contributed by atoms with van der Waals surface area (Å²) in [6, 6.07) is 15.2. The average molecular weight is 273 g/mol. The van der Waals surface area contributed by atoms with Gasteiger partial charge in [0.25, 0.3) is 0 Å².